The lowest BCUT2D eigenvalue weighted by molar-refractivity contribution is 0.0781. The van der Waals surface area contributed by atoms with Crippen molar-refractivity contribution in [2.45, 2.75) is 13.3 Å². The van der Waals surface area contributed by atoms with E-state index in [0.717, 1.165) is 15.1 Å². The number of hydrogen-bond acceptors (Lipinski definition) is 2. The third kappa shape index (κ3) is 3.37. The highest BCUT2D eigenvalue weighted by molar-refractivity contribution is 9.11. The van der Waals surface area contributed by atoms with E-state index in [1.54, 1.807) is 4.90 Å². The van der Waals surface area contributed by atoms with Crippen molar-refractivity contribution in [3.05, 3.63) is 20.8 Å². The predicted molar refractivity (Wildman–Crippen MR) is 67.0 cm³/mol. The van der Waals surface area contributed by atoms with Crippen LogP contribution in [0.1, 0.15) is 23.0 Å². The maximum Gasteiger partial charge on any atom is 0.264 e. The zero-order valence-electron chi connectivity index (χ0n) is 8.50. The minimum Gasteiger partial charge on any atom is -0.327 e. The van der Waals surface area contributed by atoms with Gasteiger partial charge in [-0.2, -0.15) is 0 Å². The van der Waals surface area contributed by atoms with Gasteiger partial charge in [0.05, 0.1) is 15.2 Å². The first-order valence-corrected chi connectivity index (χ1v) is 6.28. The Balaban J connectivity index is 2.76. The van der Waals surface area contributed by atoms with Crippen LogP contribution in [0.15, 0.2) is 15.9 Å². The number of carbonyl (C=O) groups is 1. The van der Waals surface area contributed by atoms with E-state index in [4.69, 9.17) is 6.42 Å². The summed E-state index contributed by atoms with van der Waals surface area (Å²) in [7, 11) is 0. The lowest BCUT2D eigenvalue weighted by Crippen LogP contribution is -2.31. The predicted octanol–water partition coefficient (Wildman–Crippen LogP) is 3.00. The fraction of sp³-hybridized carbons (Fsp3) is 0.364. The molecule has 2 nitrogen and oxygen atoms in total. The molecule has 80 valence electrons. The van der Waals surface area contributed by atoms with Crippen LogP contribution in [0, 0.1) is 12.3 Å². The third-order valence-corrected chi connectivity index (χ3v) is 3.46. The number of terminal acetylenes is 1. The Morgan fingerprint density at radius 1 is 1.67 bits per heavy atom. The molecule has 0 bridgehead atoms. The average Bonchev–Trinajstić information content (AvgIpc) is 2.63. The zero-order chi connectivity index (χ0) is 11.3. The molecule has 0 aliphatic rings. The molecule has 1 rings (SSSR count). The van der Waals surface area contributed by atoms with E-state index < -0.39 is 0 Å². The molecular formula is C11H12BrNOS. The van der Waals surface area contributed by atoms with Crippen LogP contribution in [-0.4, -0.2) is 23.9 Å². The van der Waals surface area contributed by atoms with Gasteiger partial charge in [0, 0.05) is 6.54 Å². The fourth-order valence-electron chi connectivity index (χ4n) is 1.22. The largest absolute Gasteiger partial charge is 0.327 e. The molecule has 1 aromatic rings. The first-order chi connectivity index (χ1) is 7.19. The van der Waals surface area contributed by atoms with Crippen LogP contribution in [0.2, 0.25) is 0 Å². The molecule has 0 N–H and O–H groups in total. The summed E-state index contributed by atoms with van der Waals surface area (Å²) >= 11 is 4.77. The fourth-order valence-corrected chi connectivity index (χ4v) is 2.57. The third-order valence-electron chi connectivity index (χ3n) is 1.85. The van der Waals surface area contributed by atoms with Crippen molar-refractivity contribution in [1.82, 2.24) is 4.90 Å². The van der Waals surface area contributed by atoms with E-state index >= 15 is 0 Å². The van der Waals surface area contributed by atoms with E-state index in [-0.39, 0.29) is 5.91 Å². The molecule has 0 unspecified atom stereocenters. The van der Waals surface area contributed by atoms with Crippen LogP contribution < -0.4 is 0 Å². The van der Waals surface area contributed by atoms with Crippen molar-refractivity contribution in [2.75, 3.05) is 13.1 Å². The Hall–Kier alpha value is -0.790. The van der Waals surface area contributed by atoms with Crippen molar-refractivity contribution < 1.29 is 4.79 Å². The Morgan fingerprint density at radius 3 is 2.87 bits per heavy atom. The quantitative estimate of drug-likeness (QED) is 0.779. The first-order valence-electron chi connectivity index (χ1n) is 4.67. The summed E-state index contributed by atoms with van der Waals surface area (Å²) in [5.41, 5.74) is 0. The number of rotatable bonds is 4. The van der Waals surface area contributed by atoms with Gasteiger partial charge in [-0.15, -0.1) is 17.8 Å². The van der Waals surface area contributed by atoms with Crippen LogP contribution in [0.5, 0.6) is 0 Å². The molecule has 0 saturated carbocycles. The van der Waals surface area contributed by atoms with Crippen molar-refractivity contribution in [1.29, 1.82) is 0 Å². The summed E-state index contributed by atoms with van der Waals surface area (Å²) in [6, 6.07) is 3.69. The second kappa shape index (κ2) is 5.94. The molecule has 1 amide bonds. The highest BCUT2D eigenvalue weighted by atomic mass is 79.9. The second-order valence-corrected chi connectivity index (χ2v) is 5.50. The van der Waals surface area contributed by atoms with Crippen molar-refractivity contribution >= 4 is 33.2 Å². The minimum absolute atomic E-state index is 0.0190. The van der Waals surface area contributed by atoms with Gasteiger partial charge in [-0.25, -0.2) is 0 Å². The summed E-state index contributed by atoms with van der Waals surface area (Å²) in [6.07, 6.45) is 6.15. The van der Waals surface area contributed by atoms with Gasteiger partial charge in [0.2, 0.25) is 0 Å². The maximum absolute atomic E-state index is 12.0. The Morgan fingerprint density at radius 2 is 2.40 bits per heavy atom. The summed E-state index contributed by atoms with van der Waals surface area (Å²) in [5.74, 6) is 2.53. The molecule has 0 aliphatic carbocycles. The van der Waals surface area contributed by atoms with Crippen LogP contribution in [0.3, 0.4) is 0 Å². The van der Waals surface area contributed by atoms with E-state index in [1.165, 1.54) is 11.3 Å². The van der Waals surface area contributed by atoms with Crippen molar-refractivity contribution in [3.8, 4) is 12.3 Å². The minimum atomic E-state index is 0.0190. The SMILES string of the molecule is C#CCN(CCC)C(=O)c1ccc(Br)s1. The van der Waals surface area contributed by atoms with E-state index in [2.05, 4.69) is 21.9 Å². The zero-order valence-corrected chi connectivity index (χ0v) is 10.9. The lowest BCUT2D eigenvalue weighted by Gasteiger charge is -2.18. The van der Waals surface area contributed by atoms with Gasteiger partial charge >= 0.3 is 0 Å². The molecular weight excluding hydrogens is 274 g/mol. The van der Waals surface area contributed by atoms with Crippen LogP contribution in [0.25, 0.3) is 0 Å². The maximum atomic E-state index is 12.0. The number of thiophene rings is 1. The smallest absolute Gasteiger partial charge is 0.264 e. The summed E-state index contributed by atoms with van der Waals surface area (Å²) in [5, 5.41) is 0. The Labute approximate surface area is 102 Å². The second-order valence-electron chi connectivity index (χ2n) is 3.03. The summed E-state index contributed by atoms with van der Waals surface area (Å²) in [4.78, 5) is 14.4. The first kappa shape index (κ1) is 12.3. The molecule has 1 aromatic heterocycles. The number of carbonyl (C=O) groups excluding carboxylic acids is 1. The molecule has 4 heteroatoms. The Kier molecular flexibility index (Phi) is 4.86. The van der Waals surface area contributed by atoms with Gasteiger partial charge in [0.25, 0.3) is 5.91 Å². The van der Waals surface area contributed by atoms with E-state index in [0.29, 0.717) is 13.1 Å². The van der Waals surface area contributed by atoms with Gasteiger partial charge in [-0.05, 0) is 34.5 Å². The highest BCUT2D eigenvalue weighted by Gasteiger charge is 2.15. The van der Waals surface area contributed by atoms with E-state index in [1.807, 2.05) is 19.1 Å². The highest BCUT2D eigenvalue weighted by Crippen LogP contribution is 2.23. The lowest BCUT2D eigenvalue weighted by atomic mass is 10.3. The molecule has 0 spiro atoms. The number of nitrogens with zero attached hydrogens (tertiary/aromatic N) is 1. The van der Waals surface area contributed by atoms with Gasteiger partial charge in [0.15, 0.2) is 0 Å². The molecule has 1 heterocycles. The Bertz CT molecular complexity index is 380. The molecule has 0 saturated heterocycles. The van der Waals surface area contributed by atoms with Crippen LogP contribution in [0.4, 0.5) is 0 Å². The van der Waals surface area contributed by atoms with Gasteiger partial charge < -0.3 is 4.90 Å². The van der Waals surface area contributed by atoms with Crippen LogP contribution in [-0.2, 0) is 0 Å². The van der Waals surface area contributed by atoms with Crippen LogP contribution >= 0.6 is 27.3 Å². The summed E-state index contributed by atoms with van der Waals surface area (Å²) < 4.78 is 0.961. The van der Waals surface area contributed by atoms with Gasteiger partial charge in [0.1, 0.15) is 0 Å². The summed E-state index contributed by atoms with van der Waals surface area (Å²) in [6.45, 7) is 3.11. The topological polar surface area (TPSA) is 20.3 Å². The van der Waals surface area contributed by atoms with Crippen molar-refractivity contribution in [3.63, 3.8) is 0 Å². The molecule has 0 fully saturated rings. The van der Waals surface area contributed by atoms with Gasteiger partial charge in [-0.1, -0.05) is 12.8 Å². The standard InChI is InChI=1S/C11H12BrNOS/c1-3-7-13(8-4-2)11(14)9-5-6-10(12)15-9/h1,5-6H,4,7-8H2,2H3. The van der Waals surface area contributed by atoms with Gasteiger partial charge in [-0.3, -0.25) is 4.79 Å². The number of amides is 1. The van der Waals surface area contributed by atoms with Crippen molar-refractivity contribution in [2.24, 2.45) is 0 Å². The molecule has 0 atom stereocenters. The number of hydrogen-bond donors (Lipinski definition) is 0. The molecule has 15 heavy (non-hydrogen) atoms. The molecule has 0 aromatic carbocycles. The monoisotopic (exact) mass is 285 g/mol. The normalized spacial score (nSPS) is 9.67. The number of halogens is 1. The molecule has 0 aliphatic heterocycles. The average molecular weight is 286 g/mol. The molecule has 0 radical (unpaired) electrons. The van der Waals surface area contributed by atoms with E-state index in [9.17, 15) is 4.79 Å².